The van der Waals surface area contributed by atoms with Gasteiger partial charge in [0.15, 0.2) is 0 Å². The highest BCUT2D eigenvalue weighted by Gasteiger charge is 2.38. The van der Waals surface area contributed by atoms with Crippen LogP contribution in [0.1, 0.15) is 29.7 Å². The zero-order valence-electron chi connectivity index (χ0n) is 21.5. The molecule has 3 N–H and O–H groups in total. The highest BCUT2D eigenvalue weighted by molar-refractivity contribution is 8.03. The van der Waals surface area contributed by atoms with Crippen molar-refractivity contribution in [3.05, 3.63) is 106 Å². The smallest absolute Gasteiger partial charge is 0.416 e. The van der Waals surface area contributed by atoms with Crippen LogP contribution in [0, 0.1) is 11.3 Å². The van der Waals surface area contributed by atoms with Crippen molar-refractivity contribution in [1.82, 2.24) is 5.32 Å². The molecule has 1 aliphatic heterocycles. The molecule has 3 aromatic rings. The molecule has 0 aliphatic carbocycles. The quantitative estimate of drug-likeness (QED) is 0.250. The number of furan rings is 1. The van der Waals surface area contributed by atoms with E-state index in [1.54, 1.807) is 49.4 Å². The minimum absolute atomic E-state index is 0.0185. The number of nitrogens with one attached hydrogen (secondary N) is 3. The van der Waals surface area contributed by atoms with Gasteiger partial charge < -0.3 is 20.4 Å². The maximum absolute atomic E-state index is 13.3. The number of hydrogen-bond donors (Lipinski definition) is 3. The largest absolute Gasteiger partial charge is 0.468 e. The fourth-order valence-corrected chi connectivity index (χ4v) is 5.04. The van der Waals surface area contributed by atoms with Crippen molar-refractivity contribution >= 4 is 35.0 Å². The molecule has 2 heterocycles. The van der Waals surface area contributed by atoms with E-state index in [0.717, 1.165) is 11.8 Å². The van der Waals surface area contributed by atoms with Crippen molar-refractivity contribution < 1.29 is 40.3 Å². The molecule has 4 rings (SSSR count). The molecule has 0 fully saturated rings. The Bertz CT molecular complexity index is 1560. The number of halogens is 6. The molecule has 218 valence electrons. The standard InChI is InChI=1S/C28H20F6N4O3S/c1-15-23(25(40)38-18-6-3-2-4-7-18)24(21-8-5-9-41-21)20(13-35)26(36-15)42-14-22(39)37-19-11-16(27(29,30)31)10-17(12-19)28(32,33)34/h2-12,24,36H,14H2,1H3,(H,37,39)(H,38,40)/t24-/m1/s1. The second-order valence-corrected chi connectivity index (χ2v) is 9.90. The average Bonchev–Trinajstić information content (AvgIpc) is 3.45. The normalized spacial score (nSPS) is 15.6. The van der Waals surface area contributed by atoms with Crippen LogP contribution < -0.4 is 16.0 Å². The SMILES string of the molecule is CC1=C(C(=O)Nc2ccccc2)[C@@H](c2ccco2)C(C#N)=C(SCC(=O)Nc2cc(C(F)(F)F)cc(C(F)(F)F)c2)N1. The number of benzene rings is 2. The van der Waals surface area contributed by atoms with Crippen LogP contribution in [0.2, 0.25) is 0 Å². The van der Waals surface area contributed by atoms with Gasteiger partial charge in [-0.1, -0.05) is 30.0 Å². The van der Waals surface area contributed by atoms with E-state index in [1.807, 2.05) is 6.07 Å². The van der Waals surface area contributed by atoms with Gasteiger partial charge in [0.2, 0.25) is 5.91 Å². The van der Waals surface area contributed by atoms with Crippen molar-refractivity contribution in [2.75, 3.05) is 16.4 Å². The van der Waals surface area contributed by atoms with Gasteiger partial charge in [0, 0.05) is 17.1 Å². The van der Waals surface area contributed by atoms with E-state index in [1.165, 1.54) is 6.26 Å². The third kappa shape index (κ3) is 6.98. The lowest BCUT2D eigenvalue weighted by Gasteiger charge is -2.28. The molecule has 0 saturated carbocycles. The zero-order valence-corrected chi connectivity index (χ0v) is 22.3. The maximum atomic E-state index is 13.3. The molecular formula is C28H20F6N4O3S. The Kier molecular flexibility index (Phi) is 8.72. The molecule has 0 radical (unpaired) electrons. The number of alkyl halides is 6. The second-order valence-electron chi connectivity index (χ2n) is 8.92. The van der Waals surface area contributed by atoms with Gasteiger partial charge in [-0.3, -0.25) is 9.59 Å². The molecule has 1 aromatic heterocycles. The van der Waals surface area contributed by atoms with E-state index in [0.29, 0.717) is 23.5 Å². The van der Waals surface area contributed by atoms with Crippen LogP contribution in [0.15, 0.2) is 93.2 Å². The van der Waals surface area contributed by atoms with Gasteiger partial charge in [0.1, 0.15) is 5.76 Å². The average molecular weight is 607 g/mol. The van der Waals surface area contributed by atoms with E-state index in [4.69, 9.17) is 4.42 Å². The topological polar surface area (TPSA) is 107 Å². The third-order valence-corrected chi connectivity index (χ3v) is 6.99. The van der Waals surface area contributed by atoms with Crippen LogP contribution in [0.25, 0.3) is 0 Å². The fourth-order valence-electron chi connectivity index (χ4n) is 4.15. The summed E-state index contributed by atoms with van der Waals surface area (Å²) in [5, 5.41) is 17.9. The summed E-state index contributed by atoms with van der Waals surface area (Å²) in [6.07, 6.45) is -8.80. The molecule has 1 aliphatic rings. The summed E-state index contributed by atoms with van der Waals surface area (Å²) in [5.74, 6) is -2.65. The van der Waals surface area contributed by atoms with Gasteiger partial charge >= 0.3 is 12.4 Å². The number of para-hydroxylation sites is 1. The predicted molar refractivity (Wildman–Crippen MR) is 143 cm³/mol. The van der Waals surface area contributed by atoms with Crippen LogP contribution in [-0.4, -0.2) is 17.6 Å². The predicted octanol–water partition coefficient (Wildman–Crippen LogP) is 7.02. The minimum Gasteiger partial charge on any atom is -0.468 e. The molecule has 2 amide bonds. The third-order valence-electron chi connectivity index (χ3n) is 5.97. The number of dihydropyridines is 1. The van der Waals surface area contributed by atoms with Crippen LogP contribution in [0.4, 0.5) is 37.7 Å². The second kappa shape index (κ2) is 12.1. The lowest BCUT2D eigenvalue weighted by molar-refractivity contribution is -0.143. The van der Waals surface area contributed by atoms with Crippen LogP contribution >= 0.6 is 11.8 Å². The highest BCUT2D eigenvalue weighted by Crippen LogP contribution is 2.41. The molecule has 0 bridgehead atoms. The number of amides is 2. The number of rotatable bonds is 7. The summed E-state index contributed by atoms with van der Waals surface area (Å²) in [5.41, 5.74) is -2.83. The van der Waals surface area contributed by atoms with E-state index in [9.17, 15) is 41.2 Å². The Labute approximate surface area is 239 Å². The molecule has 14 heteroatoms. The molecular weight excluding hydrogens is 586 g/mol. The molecule has 42 heavy (non-hydrogen) atoms. The minimum atomic E-state index is -5.08. The number of carbonyl (C=O) groups is 2. The molecule has 1 atom stereocenters. The molecule has 0 saturated heterocycles. The number of anilines is 2. The van der Waals surface area contributed by atoms with Crippen molar-refractivity contribution in [1.29, 1.82) is 5.26 Å². The summed E-state index contributed by atoms with van der Waals surface area (Å²) in [7, 11) is 0. The van der Waals surface area contributed by atoms with Gasteiger partial charge in [0.05, 0.1) is 51.3 Å². The monoisotopic (exact) mass is 606 g/mol. The number of nitrogens with zero attached hydrogens (tertiary/aromatic N) is 1. The van der Waals surface area contributed by atoms with Crippen LogP contribution in [0.3, 0.4) is 0 Å². The van der Waals surface area contributed by atoms with Gasteiger partial charge in [-0.2, -0.15) is 31.6 Å². The lowest BCUT2D eigenvalue weighted by atomic mass is 9.85. The number of allylic oxidation sites excluding steroid dienone is 2. The Balaban J connectivity index is 1.58. The molecule has 2 aromatic carbocycles. The van der Waals surface area contributed by atoms with Gasteiger partial charge in [-0.25, -0.2) is 0 Å². The lowest BCUT2D eigenvalue weighted by Crippen LogP contribution is -2.31. The summed E-state index contributed by atoms with van der Waals surface area (Å²) < 4.78 is 84.6. The van der Waals surface area contributed by atoms with Crippen LogP contribution in [-0.2, 0) is 21.9 Å². The fraction of sp³-hybridized carbons (Fsp3) is 0.179. The summed E-state index contributed by atoms with van der Waals surface area (Å²) in [6, 6.07) is 14.5. The van der Waals surface area contributed by atoms with Crippen LogP contribution in [0.5, 0.6) is 0 Å². The van der Waals surface area contributed by atoms with Crippen molar-refractivity contribution in [2.45, 2.75) is 25.2 Å². The Morgan fingerprint density at radius 2 is 1.60 bits per heavy atom. The summed E-state index contributed by atoms with van der Waals surface area (Å²) in [4.78, 5) is 25.9. The number of nitriles is 1. The van der Waals surface area contributed by atoms with Gasteiger partial charge in [0.25, 0.3) is 5.91 Å². The van der Waals surface area contributed by atoms with Crippen molar-refractivity contribution in [2.24, 2.45) is 0 Å². The van der Waals surface area contributed by atoms with Gasteiger partial charge in [-0.15, -0.1) is 0 Å². The first-order chi connectivity index (χ1) is 19.8. The van der Waals surface area contributed by atoms with Crippen molar-refractivity contribution in [3.63, 3.8) is 0 Å². The first-order valence-electron chi connectivity index (χ1n) is 12.0. The van der Waals surface area contributed by atoms with E-state index < -0.39 is 52.7 Å². The van der Waals surface area contributed by atoms with Crippen molar-refractivity contribution in [3.8, 4) is 6.07 Å². The van der Waals surface area contributed by atoms with E-state index >= 15 is 0 Å². The number of carbonyl (C=O) groups excluding carboxylic acids is 2. The Hall–Kier alpha value is -4.64. The number of thioether (sulfide) groups is 1. The first kappa shape index (κ1) is 30.3. The van der Waals surface area contributed by atoms with Gasteiger partial charge in [-0.05, 0) is 49.4 Å². The Morgan fingerprint density at radius 1 is 0.952 bits per heavy atom. The van der Waals surface area contributed by atoms with E-state index in [2.05, 4.69) is 16.0 Å². The molecule has 0 spiro atoms. The zero-order chi connectivity index (χ0) is 30.7. The van der Waals surface area contributed by atoms with E-state index in [-0.39, 0.29) is 28.0 Å². The molecule has 0 unspecified atom stereocenters. The summed E-state index contributed by atoms with van der Waals surface area (Å²) in [6.45, 7) is 1.58. The highest BCUT2D eigenvalue weighted by atomic mass is 32.2. The Morgan fingerprint density at radius 3 is 2.14 bits per heavy atom. The first-order valence-corrected chi connectivity index (χ1v) is 13.0. The summed E-state index contributed by atoms with van der Waals surface area (Å²) >= 11 is 0.781. The number of hydrogen-bond acceptors (Lipinski definition) is 6. The maximum Gasteiger partial charge on any atom is 0.416 e. The molecule has 7 nitrogen and oxygen atoms in total.